The Hall–Kier alpha value is -0.900. The quantitative estimate of drug-likeness (QED) is 0.583. The van der Waals surface area contributed by atoms with Gasteiger partial charge in [0.2, 0.25) is 0 Å². The summed E-state index contributed by atoms with van der Waals surface area (Å²) in [5, 5.41) is 1.65. The fourth-order valence-electron chi connectivity index (χ4n) is 0.378. The number of hydrogen-bond acceptors (Lipinski definition) is 3. The number of carbonyl (C=O) groups is 1. The number of rotatable bonds is 1. The standard InChI is InChI=1S/C5H5NO2S/c6-5(7)4-3-8-1-2-9-4/h1-3H,(H2,6,7). The van der Waals surface area contributed by atoms with E-state index >= 15 is 0 Å². The minimum absolute atomic E-state index is 0.428. The van der Waals surface area contributed by atoms with Crippen LogP contribution in [-0.2, 0) is 9.53 Å². The number of ether oxygens (including phenoxy) is 1. The van der Waals surface area contributed by atoms with Gasteiger partial charge in [-0.2, -0.15) is 0 Å². The van der Waals surface area contributed by atoms with E-state index in [4.69, 9.17) is 5.73 Å². The van der Waals surface area contributed by atoms with Gasteiger partial charge in [-0.05, 0) is 0 Å². The van der Waals surface area contributed by atoms with Crippen LogP contribution in [-0.4, -0.2) is 5.91 Å². The molecule has 1 aliphatic rings. The van der Waals surface area contributed by atoms with E-state index < -0.39 is 5.91 Å². The van der Waals surface area contributed by atoms with Crippen LogP contribution in [0.5, 0.6) is 0 Å². The number of hydrogen-bond donors (Lipinski definition) is 1. The second-order valence-electron chi connectivity index (χ2n) is 1.37. The second kappa shape index (κ2) is 2.59. The van der Waals surface area contributed by atoms with E-state index in [0.717, 1.165) is 0 Å². The van der Waals surface area contributed by atoms with E-state index in [9.17, 15) is 4.79 Å². The molecule has 0 unspecified atom stereocenters. The first-order chi connectivity index (χ1) is 4.30. The van der Waals surface area contributed by atoms with E-state index in [2.05, 4.69) is 4.74 Å². The van der Waals surface area contributed by atoms with Crippen LogP contribution in [0.15, 0.2) is 22.8 Å². The molecule has 0 aromatic rings. The van der Waals surface area contributed by atoms with Crippen molar-refractivity contribution in [1.29, 1.82) is 0 Å². The maximum atomic E-state index is 10.4. The van der Waals surface area contributed by atoms with E-state index in [0.29, 0.717) is 4.91 Å². The minimum atomic E-state index is -0.454. The zero-order valence-electron chi connectivity index (χ0n) is 4.53. The highest BCUT2D eigenvalue weighted by molar-refractivity contribution is 8.06. The molecule has 0 atom stereocenters. The smallest absolute Gasteiger partial charge is 0.258 e. The molecule has 0 saturated carbocycles. The van der Waals surface area contributed by atoms with Gasteiger partial charge in [-0.1, -0.05) is 11.8 Å². The average molecular weight is 143 g/mol. The highest BCUT2D eigenvalue weighted by Gasteiger charge is 2.05. The van der Waals surface area contributed by atoms with Crippen LogP contribution in [0, 0.1) is 0 Å². The van der Waals surface area contributed by atoms with Crippen molar-refractivity contribution in [3.63, 3.8) is 0 Å². The summed E-state index contributed by atoms with van der Waals surface area (Å²) in [6, 6.07) is 0. The summed E-state index contributed by atoms with van der Waals surface area (Å²) in [4.78, 5) is 10.8. The van der Waals surface area contributed by atoms with E-state index in [-0.39, 0.29) is 0 Å². The predicted molar refractivity (Wildman–Crippen MR) is 35.1 cm³/mol. The van der Waals surface area contributed by atoms with Gasteiger partial charge in [0.05, 0.1) is 6.26 Å². The molecule has 3 nitrogen and oxygen atoms in total. The molecule has 48 valence electrons. The Kier molecular flexibility index (Phi) is 1.79. The third kappa shape index (κ3) is 1.50. The van der Waals surface area contributed by atoms with Crippen LogP contribution < -0.4 is 5.73 Å². The first-order valence-electron chi connectivity index (χ1n) is 2.28. The Bertz CT molecular complexity index is 185. The topological polar surface area (TPSA) is 52.3 Å². The molecule has 4 heteroatoms. The van der Waals surface area contributed by atoms with Crippen LogP contribution in [0.3, 0.4) is 0 Å². The molecule has 0 saturated heterocycles. The van der Waals surface area contributed by atoms with Crippen molar-refractivity contribution in [1.82, 2.24) is 0 Å². The Balaban J connectivity index is 2.61. The lowest BCUT2D eigenvalue weighted by atomic mass is 10.6. The van der Waals surface area contributed by atoms with Crippen molar-refractivity contribution in [2.24, 2.45) is 5.73 Å². The van der Waals surface area contributed by atoms with E-state index in [1.165, 1.54) is 24.3 Å². The van der Waals surface area contributed by atoms with Crippen molar-refractivity contribution in [2.75, 3.05) is 0 Å². The second-order valence-corrected chi connectivity index (χ2v) is 2.32. The molecular weight excluding hydrogens is 138 g/mol. The Morgan fingerprint density at radius 3 is 2.89 bits per heavy atom. The molecule has 9 heavy (non-hydrogen) atoms. The van der Waals surface area contributed by atoms with Gasteiger partial charge >= 0.3 is 0 Å². The normalized spacial score (nSPS) is 16.2. The lowest BCUT2D eigenvalue weighted by Crippen LogP contribution is -2.12. The van der Waals surface area contributed by atoms with Gasteiger partial charge in [-0.25, -0.2) is 0 Å². The van der Waals surface area contributed by atoms with Gasteiger partial charge in [0.15, 0.2) is 0 Å². The molecule has 1 rings (SSSR count). The fourth-order valence-corrected chi connectivity index (χ4v) is 0.872. The molecule has 1 amide bonds. The molecule has 0 aromatic heterocycles. The van der Waals surface area contributed by atoms with E-state index in [1.54, 1.807) is 5.41 Å². The molecule has 0 spiro atoms. The van der Waals surface area contributed by atoms with Crippen molar-refractivity contribution in [2.45, 2.75) is 0 Å². The zero-order chi connectivity index (χ0) is 6.69. The maximum absolute atomic E-state index is 10.4. The predicted octanol–water partition coefficient (Wildman–Crippen LogP) is 0.548. The summed E-state index contributed by atoms with van der Waals surface area (Å²) in [6.07, 6.45) is 2.81. The zero-order valence-corrected chi connectivity index (χ0v) is 5.35. The van der Waals surface area contributed by atoms with Crippen LogP contribution in [0.1, 0.15) is 0 Å². The largest absolute Gasteiger partial charge is 0.471 e. The molecule has 0 fully saturated rings. The van der Waals surface area contributed by atoms with Crippen LogP contribution >= 0.6 is 11.8 Å². The molecule has 0 aromatic carbocycles. The minimum Gasteiger partial charge on any atom is -0.471 e. The first kappa shape index (κ1) is 6.22. The molecule has 1 heterocycles. The SMILES string of the molecule is NC(=O)C1=COC=CS1. The first-order valence-corrected chi connectivity index (χ1v) is 3.16. The van der Waals surface area contributed by atoms with E-state index in [1.807, 2.05) is 0 Å². The van der Waals surface area contributed by atoms with Crippen molar-refractivity contribution in [3.05, 3.63) is 22.8 Å². The lowest BCUT2D eigenvalue weighted by Gasteiger charge is -2.01. The van der Waals surface area contributed by atoms with Crippen molar-refractivity contribution < 1.29 is 9.53 Å². The molecule has 1 aliphatic heterocycles. The summed E-state index contributed by atoms with van der Waals surface area (Å²) >= 11 is 1.25. The highest BCUT2D eigenvalue weighted by Crippen LogP contribution is 2.19. The van der Waals surface area contributed by atoms with Crippen molar-refractivity contribution in [3.8, 4) is 0 Å². The van der Waals surface area contributed by atoms with Gasteiger partial charge < -0.3 is 10.5 Å². The molecule has 2 N–H and O–H groups in total. The van der Waals surface area contributed by atoms with Crippen LogP contribution in [0.25, 0.3) is 0 Å². The van der Waals surface area contributed by atoms with Gasteiger partial charge in [-0.3, -0.25) is 4.79 Å². The van der Waals surface area contributed by atoms with Gasteiger partial charge in [0.25, 0.3) is 5.91 Å². The number of thioether (sulfide) groups is 1. The summed E-state index contributed by atoms with van der Waals surface area (Å²) in [5.41, 5.74) is 4.93. The van der Waals surface area contributed by atoms with Gasteiger partial charge in [0.1, 0.15) is 11.2 Å². The fraction of sp³-hybridized carbons (Fsp3) is 0. The monoisotopic (exact) mass is 143 g/mol. The number of primary amides is 1. The highest BCUT2D eigenvalue weighted by atomic mass is 32.2. The Morgan fingerprint density at radius 2 is 2.56 bits per heavy atom. The molecule has 0 aliphatic carbocycles. The lowest BCUT2D eigenvalue weighted by molar-refractivity contribution is -0.114. The van der Waals surface area contributed by atoms with Gasteiger partial charge in [0, 0.05) is 5.41 Å². The Morgan fingerprint density at radius 1 is 1.78 bits per heavy atom. The molecular formula is C5H5NO2S. The summed E-state index contributed by atoms with van der Waals surface area (Å²) in [6.45, 7) is 0. The van der Waals surface area contributed by atoms with Crippen LogP contribution in [0.4, 0.5) is 0 Å². The third-order valence-electron chi connectivity index (χ3n) is 0.747. The summed E-state index contributed by atoms with van der Waals surface area (Å²) in [7, 11) is 0. The van der Waals surface area contributed by atoms with Gasteiger partial charge in [-0.15, -0.1) is 0 Å². The average Bonchev–Trinajstić information content (AvgIpc) is 1.90. The number of carbonyl (C=O) groups excluding carboxylic acids is 1. The Labute approximate surface area is 56.6 Å². The summed E-state index contributed by atoms with van der Waals surface area (Å²) < 4.78 is 4.68. The molecule has 0 radical (unpaired) electrons. The third-order valence-corrected chi connectivity index (χ3v) is 1.55. The summed E-state index contributed by atoms with van der Waals surface area (Å²) in [5.74, 6) is -0.454. The molecule has 0 bridgehead atoms. The maximum Gasteiger partial charge on any atom is 0.258 e. The van der Waals surface area contributed by atoms with Crippen LogP contribution in [0.2, 0.25) is 0 Å². The van der Waals surface area contributed by atoms with Crippen molar-refractivity contribution >= 4 is 17.7 Å². The number of nitrogens with two attached hydrogens (primary N) is 1. The number of amides is 1.